The number of piperazine rings is 1. The van der Waals surface area contributed by atoms with Crippen molar-refractivity contribution in [3.8, 4) is 0 Å². The molecule has 1 aromatic carbocycles. The van der Waals surface area contributed by atoms with Gasteiger partial charge in [0.05, 0.1) is 21.8 Å². The first-order chi connectivity index (χ1) is 15.0. The lowest BCUT2D eigenvalue weighted by Crippen LogP contribution is -2.49. The minimum Gasteiger partial charge on any atom is -0.346 e. The molecular formula is C21H20FN5O3S. The van der Waals surface area contributed by atoms with E-state index in [0.29, 0.717) is 5.69 Å². The fourth-order valence-electron chi connectivity index (χ4n) is 4.47. The van der Waals surface area contributed by atoms with E-state index >= 15 is 0 Å². The Bertz CT molecular complexity index is 1230. The Kier molecular flexibility index (Phi) is 5.03. The van der Waals surface area contributed by atoms with Crippen molar-refractivity contribution in [3.05, 3.63) is 67.8 Å². The summed E-state index contributed by atoms with van der Waals surface area (Å²) in [6.07, 6.45) is 5.67. The van der Waals surface area contributed by atoms with Gasteiger partial charge in [-0.2, -0.15) is 0 Å². The van der Waals surface area contributed by atoms with Crippen molar-refractivity contribution < 1.29 is 9.31 Å². The van der Waals surface area contributed by atoms with Gasteiger partial charge in [0.25, 0.3) is 11.2 Å². The van der Waals surface area contributed by atoms with Crippen LogP contribution in [0.3, 0.4) is 0 Å². The molecule has 1 fully saturated rings. The normalized spacial score (nSPS) is 19.7. The summed E-state index contributed by atoms with van der Waals surface area (Å²) in [7, 11) is 0. The molecular weight excluding hydrogens is 421 g/mol. The summed E-state index contributed by atoms with van der Waals surface area (Å²) in [5.41, 5.74) is 0.619. The highest BCUT2D eigenvalue weighted by Gasteiger charge is 2.28. The number of nitro benzene ring substituents is 1. The molecule has 1 atom stereocenters. The fraction of sp³-hybridized carbons (Fsp3) is 0.333. The van der Waals surface area contributed by atoms with Gasteiger partial charge in [0.2, 0.25) is 0 Å². The van der Waals surface area contributed by atoms with Gasteiger partial charge in [0.15, 0.2) is 5.13 Å². The van der Waals surface area contributed by atoms with Crippen molar-refractivity contribution in [2.45, 2.75) is 18.9 Å². The minimum absolute atomic E-state index is 0.0103. The van der Waals surface area contributed by atoms with Gasteiger partial charge in [-0.25, -0.2) is 9.37 Å². The highest BCUT2D eigenvalue weighted by molar-refractivity contribution is 7.13. The van der Waals surface area contributed by atoms with Crippen molar-refractivity contribution in [3.63, 3.8) is 0 Å². The number of rotatable bonds is 4. The molecule has 0 radical (unpaired) electrons. The van der Waals surface area contributed by atoms with E-state index in [2.05, 4.69) is 25.8 Å². The lowest BCUT2D eigenvalue weighted by molar-refractivity contribution is -0.383. The zero-order valence-corrected chi connectivity index (χ0v) is 17.4. The number of benzene rings is 1. The molecule has 2 aromatic heterocycles. The molecule has 3 aromatic rings. The number of aromatic amines is 1. The van der Waals surface area contributed by atoms with E-state index in [1.54, 1.807) is 17.4 Å². The molecule has 160 valence electrons. The molecule has 1 aliphatic carbocycles. The Labute approximate surface area is 180 Å². The lowest BCUT2D eigenvalue weighted by Gasteiger charge is -2.37. The maximum atomic E-state index is 13.7. The number of nitrogens with zero attached hydrogens (tertiary/aromatic N) is 4. The van der Waals surface area contributed by atoms with Gasteiger partial charge in [-0.15, -0.1) is 11.3 Å². The van der Waals surface area contributed by atoms with Crippen LogP contribution < -0.4 is 10.5 Å². The van der Waals surface area contributed by atoms with Crippen LogP contribution in [0.1, 0.15) is 18.5 Å². The van der Waals surface area contributed by atoms with E-state index in [4.69, 9.17) is 0 Å². The molecule has 1 aliphatic heterocycles. The molecule has 0 bridgehead atoms. The number of aromatic nitrogens is 2. The summed E-state index contributed by atoms with van der Waals surface area (Å²) in [6.45, 7) is 3.68. The number of halogens is 1. The molecule has 10 heteroatoms. The molecule has 1 saturated heterocycles. The Morgan fingerprint density at radius 1 is 1.19 bits per heavy atom. The quantitative estimate of drug-likeness (QED) is 0.493. The smallest absolute Gasteiger partial charge is 0.280 e. The summed E-state index contributed by atoms with van der Waals surface area (Å²) >= 11 is 1.65. The van der Waals surface area contributed by atoms with E-state index in [1.807, 2.05) is 11.6 Å². The highest BCUT2D eigenvalue weighted by atomic mass is 32.1. The number of nitro groups is 1. The Morgan fingerprint density at radius 2 is 2.00 bits per heavy atom. The zero-order chi connectivity index (χ0) is 21.5. The Balaban J connectivity index is 1.39. The van der Waals surface area contributed by atoms with Crippen molar-refractivity contribution in [2.24, 2.45) is 0 Å². The molecule has 0 amide bonds. The van der Waals surface area contributed by atoms with Crippen molar-refractivity contribution in [2.75, 3.05) is 31.1 Å². The lowest BCUT2D eigenvalue weighted by atomic mass is 10.1. The number of hydrogen-bond donors (Lipinski definition) is 1. The van der Waals surface area contributed by atoms with E-state index in [9.17, 15) is 19.3 Å². The van der Waals surface area contributed by atoms with E-state index < -0.39 is 22.0 Å². The fourth-order valence-corrected chi connectivity index (χ4v) is 5.17. The maximum Gasteiger partial charge on any atom is 0.280 e. The molecule has 5 rings (SSSR count). The van der Waals surface area contributed by atoms with Gasteiger partial charge in [-0.3, -0.25) is 19.8 Å². The van der Waals surface area contributed by atoms with Crippen LogP contribution in [0.2, 0.25) is 0 Å². The van der Waals surface area contributed by atoms with Crippen LogP contribution in [-0.4, -0.2) is 52.0 Å². The van der Waals surface area contributed by atoms with Crippen molar-refractivity contribution >= 4 is 38.5 Å². The average molecular weight is 441 g/mol. The largest absolute Gasteiger partial charge is 0.346 e. The second-order valence-electron chi connectivity index (χ2n) is 7.79. The second-order valence-corrected chi connectivity index (χ2v) is 8.66. The number of non-ortho nitro benzene ring substituents is 1. The second kappa shape index (κ2) is 7.86. The molecule has 1 unspecified atom stereocenters. The number of thiazole rings is 1. The minimum atomic E-state index is -0.797. The van der Waals surface area contributed by atoms with Gasteiger partial charge >= 0.3 is 0 Å². The first-order valence-corrected chi connectivity index (χ1v) is 11.0. The SMILES string of the molecule is O=c1[nH]c(C2=CC(N3CCN(c4nccs4)CC3)CC2)cc2c([N+](=O)[O-])cc(F)cc12. The van der Waals surface area contributed by atoms with E-state index in [1.165, 1.54) is 0 Å². The third-order valence-electron chi connectivity index (χ3n) is 6.02. The van der Waals surface area contributed by atoms with E-state index in [0.717, 1.165) is 61.9 Å². The topological polar surface area (TPSA) is 95.4 Å². The van der Waals surface area contributed by atoms with Gasteiger partial charge < -0.3 is 9.88 Å². The number of fused-ring (bicyclic) bond motifs is 1. The van der Waals surface area contributed by atoms with Gasteiger partial charge in [0, 0.05) is 49.5 Å². The van der Waals surface area contributed by atoms with Crippen LogP contribution in [0.4, 0.5) is 15.2 Å². The molecule has 8 nitrogen and oxygen atoms in total. The summed E-state index contributed by atoms with van der Waals surface area (Å²) in [4.78, 5) is 35.1. The first-order valence-electron chi connectivity index (χ1n) is 10.1. The van der Waals surface area contributed by atoms with Crippen LogP contribution in [0.25, 0.3) is 16.3 Å². The maximum absolute atomic E-state index is 13.7. The third-order valence-corrected chi connectivity index (χ3v) is 6.86. The summed E-state index contributed by atoms with van der Waals surface area (Å²) in [5.74, 6) is -0.797. The molecule has 1 N–H and O–H groups in total. The number of anilines is 1. The summed E-state index contributed by atoms with van der Waals surface area (Å²) in [5, 5.41) is 14.6. The highest BCUT2D eigenvalue weighted by Crippen LogP contribution is 2.33. The van der Waals surface area contributed by atoms with Crippen LogP contribution in [0, 0.1) is 15.9 Å². The third kappa shape index (κ3) is 3.72. The Hall–Kier alpha value is -3.11. The van der Waals surface area contributed by atoms with Crippen molar-refractivity contribution in [1.29, 1.82) is 0 Å². The van der Waals surface area contributed by atoms with E-state index in [-0.39, 0.29) is 16.8 Å². The molecule has 31 heavy (non-hydrogen) atoms. The number of pyridine rings is 1. The number of nitrogens with one attached hydrogen (secondary N) is 1. The predicted octanol–water partition coefficient (Wildman–Crippen LogP) is 3.40. The Morgan fingerprint density at radius 3 is 2.71 bits per heavy atom. The first kappa shape index (κ1) is 19.8. The van der Waals surface area contributed by atoms with Gasteiger partial charge in [-0.1, -0.05) is 6.08 Å². The molecule has 0 saturated carbocycles. The van der Waals surface area contributed by atoms with Crippen LogP contribution >= 0.6 is 11.3 Å². The predicted molar refractivity (Wildman–Crippen MR) is 118 cm³/mol. The number of H-pyrrole nitrogens is 1. The number of allylic oxidation sites excluding steroid dienone is 1. The van der Waals surface area contributed by atoms with Gasteiger partial charge in [0.1, 0.15) is 5.82 Å². The molecule has 3 heterocycles. The van der Waals surface area contributed by atoms with Gasteiger partial charge in [-0.05, 0) is 30.5 Å². The monoisotopic (exact) mass is 441 g/mol. The van der Waals surface area contributed by atoms with Crippen LogP contribution in [0.5, 0.6) is 0 Å². The zero-order valence-electron chi connectivity index (χ0n) is 16.6. The average Bonchev–Trinajstić information content (AvgIpc) is 3.46. The van der Waals surface area contributed by atoms with Crippen molar-refractivity contribution in [1.82, 2.24) is 14.9 Å². The standard InChI is InChI=1S/C21H20FN5O3S/c22-14-10-17-16(19(11-14)27(29)30)12-18(24-20(17)28)13-1-2-15(9-13)25-4-6-26(7-5-25)21-23-3-8-31-21/h3,8-12,15H,1-2,4-7H2,(H,24,28). The van der Waals surface area contributed by atoms with Crippen LogP contribution in [0.15, 0.2) is 40.6 Å². The molecule has 2 aliphatic rings. The summed E-state index contributed by atoms with van der Waals surface area (Å²) < 4.78 is 13.7. The number of hydrogen-bond acceptors (Lipinski definition) is 7. The van der Waals surface area contributed by atoms with Crippen LogP contribution in [-0.2, 0) is 0 Å². The molecule has 0 spiro atoms. The summed E-state index contributed by atoms with van der Waals surface area (Å²) in [6, 6.07) is 3.76.